The molecule has 1 aliphatic heterocycles. The van der Waals surface area contributed by atoms with E-state index >= 15 is 0 Å². The summed E-state index contributed by atoms with van der Waals surface area (Å²) in [6.07, 6.45) is 0. The minimum absolute atomic E-state index is 0.0590. The number of nitrogens with zero attached hydrogens (tertiary/aromatic N) is 1. The first-order valence-electron chi connectivity index (χ1n) is 8.36. The van der Waals surface area contributed by atoms with Gasteiger partial charge in [-0.15, -0.1) is 0 Å². The van der Waals surface area contributed by atoms with Gasteiger partial charge in [0.2, 0.25) is 0 Å². The van der Waals surface area contributed by atoms with Crippen LogP contribution in [-0.2, 0) is 5.41 Å². The van der Waals surface area contributed by atoms with Crippen molar-refractivity contribution < 1.29 is 0 Å². The van der Waals surface area contributed by atoms with Gasteiger partial charge in [-0.25, -0.2) is 0 Å². The molecule has 118 valence electrons. The molecule has 24 heavy (non-hydrogen) atoms. The normalized spacial score (nSPS) is 16.2. The molecular formula is C22H19NS. The van der Waals surface area contributed by atoms with Crippen LogP contribution in [0, 0.1) is 0 Å². The molecule has 0 saturated heterocycles. The molecule has 0 unspecified atom stereocenters. The van der Waals surface area contributed by atoms with Crippen molar-refractivity contribution in [3.8, 4) is 11.1 Å². The van der Waals surface area contributed by atoms with Crippen molar-refractivity contribution in [2.45, 2.75) is 29.1 Å². The Labute approximate surface area is 147 Å². The van der Waals surface area contributed by atoms with Gasteiger partial charge in [0.25, 0.3) is 0 Å². The zero-order valence-electron chi connectivity index (χ0n) is 14.1. The Morgan fingerprint density at radius 2 is 1.50 bits per heavy atom. The lowest BCUT2D eigenvalue weighted by Gasteiger charge is -2.31. The van der Waals surface area contributed by atoms with Gasteiger partial charge in [0.15, 0.2) is 0 Å². The molecule has 0 fully saturated rings. The number of para-hydroxylation sites is 1. The van der Waals surface area contributed by atoms with Crippen LogP contribution in [0.1, 0.15) is 25.0 Å². The van der Waals surface area contributed by atoms with E-state index in [0.29, 0.717) is 0 Å². The molecule has 2 aliphatic rings. The predicted molar refractivity (Wildman–Crippen MR) is 103 cm³/mol. The Morgan fingerprint density at radius 3 is 2.38 bits per heavy atom. The molecule has 0 radical (unpaired) electrons. The smallest absolute Gasteiger partial charge is 0.0553 e. The maximum Gasteiger partial charge on any atom is 0.0553 e. The summed E-state index contributed by atoms with van der Waals surface area (Å²) in [6, 6.07) is 22.3. The fraction of sp³-hybridized carbons (Fsp3) is 0.182. The van der Waals surface area contributed by atoms with Gasteiger partial charge in [-0.2, -0.15) is 0 Å². The fourth-order valence-corrected chi connectivity index (χ4v) is 5.30. The highest BCUT2D eigenvalue weighted by Crippen LogP contribution is 2.55. The van der Waals surface area contributed by atoms with E-state index < -0.39 is 0 Å². The van der Waals surface area contributed by atoms with Crippen LogP contribution in [-0.4, -0.2) is 7.05 Å². The van der Waals surface area contributed by atoms with Crippen molar-refractivity contribution in [1.29, 1.82) is 0 Å². The highest BCUT2D eigenvalue weighted by Gasteiger charge is 2.37. The molecule has 0 atom stereocenters. The fourth-order valence-electron chi connectivity index (χ4n) is 4.13. The molecule has 0 amide bonds. The van der Waals surface area contributed by atoms with E-state index in [0.717, 1.165) is 0 Å². The average Bonchev–Trinajstić information content (AvgIpc) is 2.82. The summed E-state index contributed by atoms with van der Waals surface area (Å²) < 4.78 is 0. The molecule has 0 spiro atoms. The molecule has 2 heteroatoms. The van der Waals surface area contributed by atoms with Gasteiger partial charge in [0, 0.05) is 22.3 Å². The Hall–Kier alpha value is -2.19. The largest absolute Gasteiger partial charge is 0.343 e. The molecule has 3 aromatic rings. The Morgan fingerprint density at radius 1 is 0.750 bits per heavy atom. The lowest BCUT2D eigenvalue weighted by molar-refractivity contribution is 0.660. The van der Waals surface area contributed by atoms with Crippen molar-refractivity contribution in [3.63, 3.8) is 0 Å². The summed E-state index contributed by atoms with van der Waals surface area (Å²) >= 11 is 1.89. The van der Waals surface area contributed by atoms with Crippen LogP contribution < -0.4 is 4.90 Å². The average molecular weight is 329 g/mol. The van der Waals surface area contributed by atoms with Crippen molar-refractivity contribution in [2.24, 2.45) is 0 Å². The minimum Gasteiger partial charge on any atom is -0.343 e. The minimum atomic E-state index is 0.0590. The second kappa shape index (κ2) is 4.67. The first kappa shape index (κ1) is 14.2. The Balaban J connectivity index is 1.77. The summed E-state index contributed by atoms with van der Waals surface area (Å²) in [6.45, 7) is 4.68. The zero-order valence-corrected chi connectivity index (χ0v) is 14.9. The van der Waals surface area contributed by atoms with Crippen LogP contribution in [0.15, 0.2) is 70.5 Å². The number of hydrogen-bond acceptors (Lipinski definition) is 2. The molecular weight excluding hydrogens is 310 g/mol. The SMILES string of the molecule is CN1c2ccccc2Sc2cc3c(cc21)C(C)(C)c1ccccc1-3. The van der Waals surface area contributed by atoms with Crippen LogP contribution in [0.4, 0.5) is 11.4 Å². The van der Waals surface area contributed by atoms with E-state index in [1.54, 1.807) is 0 Å². The molecule has 5 rings (SSSR count). The first-order chi connectivity index (χ1) is 11.6. The number of fused-ring (bicyclic) bond motifs is 5. The number of benzene rings is 3. The van der Waals surface area contributed by atoms with E-state index in [-0.39, 0.29) is 5.41 Å². The summed E-state index contributed by atoms with van der Waals surface area (Å²) in [5.41, 5.74) is 8.34. The van der Waals surface area contributed by atoms with Crippen LogP contribution in [0.25, 0.3) is 11.1 Å². The van der Waals surface area contributed by atoms with E-state index in [4.69, 9.17) is 0 Å². The first-order valence-corrected chi connectivity index (χ1v) is 9.18. The maximum absolute atomic E-state index is 2.41. The number of anilines is 2. The standard InChI is InChI=1S/C22H19NS/c1-22(2)16-9-5-4-8-14(16)15-12-21-19(13-17(15)22)23(3)18-10-6-7-11-20(18)24-21/h4-13H,1-3H3. The molecule has 0 aromatic heterocycles. The van der Waals surface area contributed by atoms with Crippen molar-refractivity contribution >= 4 is 23.1 Å². The van der Waals surface area contributed by atoms with E-state index in [1.165, 1.54) is 43.4 Å². The molecule has 0 saturated carbocycles. The highest BCUT2D eigenvalue weighted by atomic mass is 32.2. The zero-order chi connectivity index (χ0) is 16.5. The second-order valence-corrected chi connectivity index (χ2v) is 8.25. The Bertz CT molecular complexity index is 987. The topological polar surface area (TPSA) is 3.24 Å². The van der Waals surface area contributed by atoms with Crippen LogP contribution in [0.3, 0.4) is 0 Å². The monoisotopic (exact) mass is 329 g/mol. The van der Waals surface area contributed by atoms with Gasteiger partial charge in [0.05, 0.1) is 11.4 Å². The molecule has 0 N–H and O–H groups in total. The van der Waals surface area contributed by atoms with Gasteiger partial charge in [0.1, 0.15) is 0 Å². The van der Waals surface area contributed by atoms with Crippen LogP contribution in [0.5, 0.6) is 0 Å². The van der Waals surface area contributed by atoms with Crippen molar-refractivity contribution in [3.05, 3.63) is 71.8 Å². The molecule has 3 aromatic carbocycles. The Kier molecular flexibility index (Phi) is 2.76. The van der Waals surface area contributed by atoms with Crippen LogP contribution >= 0.6 is 11.8 Å². The van der Waals surface area contributed by atoms with Crippen LogP contribution in [0.2, 0.25) is 0 Å². The number of rotatable bonds is 0. The quantitative estimate of drug-likeness (QED) is 0.481. The molecule has 1 aliphatic carbocycles. The third-order valence-corrected chi connectivity index (χ3v) is 6.58. The highest BCUT2D eigenvalue weighted by molar-refractivity contribution is 7.99. The van der Waals surface area contributed by atoms with Crippen molar-refractivity contribution in [2.75, 3.05) is 11.9 Å². The van der Waals surface area contributed by atoms with Gasteiger partial charge in [-0.3, -0.25) is 0 Å². The van der Waals surface area contributed by atoms with E-state index in [2.05, 4.69) is 86.5 Å². The predicted octanol–water partition coefficient (Wildman–Crippen LogP) is 6.23. The van der Waals surface area contributed by atoms with Gasteiger partial charge < -0.3 is 4.90 Å². The summed E-state index contributed by atoms with van der Waals surface area (Å²) in [5, 5.41) is 0. The summed E-state index contributed by atoms with van der Waals surface area (Å²) in [4.78, 5) is 5.01. The lowest BCUT2D eigenvalue weighted by Crippen LogP contribution is -2.18. The van der Waals surface area contributed by atoms with Gasteiger partial charge in [-0.1, -0.05) is 62.0 Å². The third kappa shape index (κ3) is 1.72. The second-order valence-electron chi connectivity index (χ2n) is 7.16. The molecule has 1 nitrogen and oxygen atoms in total. The van der Waals surface area contributed by atoms with Gasteiger partial charge in [-0.05, 0) is 46.5 Å². The molecule has 1 heterocycles. The summed E-state index contributed by atoms with van der Waals surface area (Å²) in [7, 11) is 2.18. The maximum atomic E-state index is 2.41. The number of hydrogen-bond donors (Lipinski definition) is 0. The van der Waals surface area contributed by atoms with Crippen molar-refractivity contribution in [1.82, 2.24) is 0 Å². The lowest BCUT2D eigenvalue weighted by atomic mass is 9.82. The van der Waals surface area contributed by atoms with Gasteiger partial charge >= 0.3 is 0 Å². The summed E-state index contributed by atoms with van der Waals surface area (Å²) in [5.74, 6) is 0. The third-order valence-electron chi connectivity index (χ3n) is 5.47. The van der Waals surface area contributed by atoms with E-state index in [1.807, 2.05) is 11.8 Å². The van der Waals surface area contributed by atoms with E-state index in [9.17, 15) is 0 Å². The molecule has 0 bridgehead atoms.